The Bertz CT molecular complexity index is 1950. The average Bonchev–Trinajstić information content (AvgIpc) is 3.40. The Kier molecular flexibility index (Phi) is 7.06. The number of fused-ring (bicyclic) bond motifs is 1. The van der Waals surface area contributed by atoms with E-state index in [2.05, 4.69) is 20.0 Å². The first-order valence-electron chi connectivity index (χ1n) is 13.1. The maximum Gasteiger partial charge on any atom is 0.164 e. The number of hydrogen-bond donors (Lipinski definition) is 0. The minimum absolute atomic E-state index is 0.00835. The smallest absolute Gasteiger partial charge is 0.164 e. The highest BCUT2D eigenvalue weighted by Crippen LogP contribution is 2.36. The third kappa shape index (κ3) is 5.16. The third-order valence-corrected chi connectivity index (χ3v) is 8.91. The lowest BCUT2D eigenvalue weighted by atomic mass is 9.91. The number of pyridine rings is 4. The van der Waals surface area contributed by atoms with Gasteiger partial charge in [-0.2, -0.15) is 5.10 Å². The summed E-state index contributed by atoms with van der Waals surface area (Å²) in [7, 11) is -1.53. The molecule has 13 heteroatoms. The van der Waals surface area contributed by atoms with Gasteiger partial charge in [0.1, 0.15) is 15.6 Å². The van der Waals surface area contributed by atoms with Gasteiger partial charge in [-0.25, -0.2) is 27.5 Å². The SMILES string of the molecule is COc1ccncc1-c1cc2c(cnn2-c2cc(N3C[C@H](CS(C)(=O)=O)[C@H]3C)cc(-c3cnc(Cl)c(F)c3)n2)c(C)n1. The van der Waals surface area contributed by atoms with E-state index in [0.29, 0.717) is 35.1 Å². The number of ether oxygens (including phenoxy) is 1. The molecule has 0 aromatic carbocycles. The highest BCUT2D eigenvalue weighted by Gasteiger charge is 2.38. The van der Waals surface area contributed by atoms with Gasteiger partial charge in [0, 0.05) is 71.7 Å². The molecule has 42 heavy (non-hydrogen) atoms. The standard InChI is InChI=1S/C29H27ClFN7O3S/c1-16-21-13-34-38(26(21)10-25(35-16)22-12-32-6-5-27(22)41-3)28-9-20(37-14-19(17(37)2)15-42(4,39)40)8-24(36-28)18-7-23(31)29(30)33-11-18/h5-13,17,19H,14-15H2,1-4H3/t17-,19-/m1/s1. The number of nitrogens with zero attached hydrogens (tertiary/aromatic N) is 7. The van der Waals surface area contributed by atoms with Crippen molar-refractivity contribution in [2.24, 2.45) is 5.92 Å². The second-order valence-electron chi connectivity index (χ2n) is 10.5. The van der Waals surface area contributed by atoms with E-state index < -0.39 is 15.7 Å². The first-order chi connectivity index (χ1) is 20.0. The fourth-order valence-corrected chi connectivity index (χ4v) is 6.61. The van der Waals surface area contributed by atoms with Gasteiger partial charge >= 0.3 is 0 Å². The quantitative estimate of drug-likeness (QED) is 0.238. The van der Waals surface area contributed by atoms with Crippen LogP contribution in [0.25, 0.3) is 39.2 Å². The molecule has 0 unspecified atom stereocenters. The van der Waals surface area contributed by atoms with Gasteiger partial charge in [-0.3, -0.25) is 9.97 Å². The van der Waals surface area contributed by atoms with Crippen molar-refractivity contribution in [2.75, 3.05) is 30.6 Å². The summed E-state index contributed by atoms with van der Waals surface area (Å²) in [4.78, 5) is 19.9. The topological polar surface area (TPSA) is 116 Å². The Balaban J connectivity index is 1.50. The molecule has 2 atom stereocenters. The molecule has 0 radical (unpaired) electrons. The fourth-order valence-electron chi connectivity index (χ4n) is 5.35. The molecule has 1 fully saturated rings. The van der Waals surface area contributed by atoms with Crippen LogP contribution in [0.15, 0.2) is 55.1 Å². The first-order valence-corrected chi connectivity index (χ1v) is 15.6. The van der Waals surface area contributed by atoms with Gasteiger partial charge in [0.2, 0.25) is 0 Å². The van der Waals surface area contributed by atoms with Gasteiger partial charge in [0.15, 0.2) is 16.8 Å². The zero-order chi connectivity index (χ0) is 29.8. The number of anilines is 1. The molecule has 5 aromatic heterocycles. The number of halogens is 2. The van der Waals surface area contributed by atoms with E-state index in [1.165, 1.54) is 18.5 Å². The van der Waals surface area contributed by atoms with E-state index in [1.807, 2.05) is 32.0 Å². The molecular weight excluding hydrogens is 581 g/mol. The zero-order valence-electron chi connectivity index (χ0n) is 23.3. The first kappa shape index (κ1) is 28.0. The monoisotopic (exact) mass is 607 g/mol. The second-order valence-corrected chi connectivity index (χ2v) is 13.0. The van der Waals surface area contributed by atoms with Crippen LogP contribution >= 0.6 is 11.6 Å². The number of hydrogen-bond acceptors (Lipinski definition) is 9. The maximum absolute atomic E-state index is 14.4. The van der Waals surface area contributed by atoms with E-state index in [4.69, 9.17) is 26.3 Å². The molecule has 0 saturated carbocycles. The van der Waals surface area contributed by atoms with Gasteiger partial charge in [0.25, 0.3) is 0 Å². The minimum atomic E-state index is -3.12. The third-order valence-electron chi connectivity index (χ3n) is 7.59. The van der Waals surface area contributed by atoms with E-state index >= 15 is 0 Å². The predicted octanol–water partition coefficient (Wildman–Crippen LogP) is 4.92. The average molecular weight is 608 g/mol. The molecule has 0 amide bonds. The van der Waals surface area contributed by atoms with Crippen molar-refractivity contribution >= 4 is 38.0 Å². The molecule has 6 rings (SSSR count). The van der Waals surface area contributed by atoms with Crippen molar-refractivity contribution in [3.05, 3.63) is 71.8 Å². The lowest BCUT2D eigenvalue weighted by Crippen LogP contribution is -2.57. The largest absolute Gasteiger partial charge is 0.496 e. The van der Waals surface area contributed by atoms with Crippen molar-refractivity contribution in [1.82, 2.24) is 29.7 Å². The fraction of sp³-hybridized carbons (Fsp3) is 0.276. The van der Waals surface area contributed by atoms with E-state index in [-0.39, 0.29) is 22.9 Å². The molecule has 5 aromatic rings. The van der Waals surface area contributed by atoms with Gasteiger partial charge in [-0.15, -0.1) is 0 Å². The summed E-state index contributed by atoms with van der Waals surface area (Å²) in [5.41, 5.74) is 4.61. The summed E-state index contributed by atoms with van der Waals surface area (Å²) < 4.78 is 45.6. The summed E-state index contributed by atoms with van der Waals surface area (Å²) in [5, 5.41) is 5.26. The molecule has 0 N–H and O–H groups in total. The van der Waals surface area contributed by atoms with E-state index in [9.17, 15) is 12.8 Å². The highest BCUT2D eigenvalue weighted by atomic mass is 35.5. The molecule has 0 bridgehead atoms. The zero-order valence-corrected chi connectivity index (χ0v) is 24.9. The van der Waals surface area contributed by atoms with Gasteiger partial charge in [0.05, 0.1) is 41.5 Å². The van der Waals surface area contributed by atoms with E-state index in [0.717, 1.165) is 27.8 Å². The number of sulfone groups is 1. The van der Waals surface area contributed by atoms with Crippen LogP contribution in [0.2, 0.25) is 5.15 Å². The van der Waals surface area contributed by atoms with Crippen LogP contribution in [0.5, 0.6) is 5.75 Å². The lowest BCUT2D eigenvalue weighted by molar-refractivity contribution is 0.341. The van der Waals surface area contributed by atoms with Crippen molar-refractivity contribution in [3.8, 4) is 34.1 Å². The van der Waals surface area contributed by atoms with E-state index in [1.54, 1.807) is 36.4 Å². The summed E-state index contributed by atoms with van der Waals surface area (Å²) in [6.07, 6.45) is 7.80. The van der Waals surface area contributed by atoms with Crippen molar-refractivity contribution in [2.45, 2.75) is 19.9 Å². The summed E-state index contributed by atoms with van der Waals surface area (Å²) in [5.74, 6) is 0.567. The van der Waals surface area contributed by atoms with Crippen LogP contribution in [-0.2, 0) is 9.84 Å². The maximum atomic E-state index is 14.4. The molecular formula is C29H27ClFN7O3S. The number of methoxy groups -OCH3 is 1. The Morgan fingerprint density at radius 2 is 1.93 bits per heavy atom. The second kappa shape index (κ2) is 10.6. The normalized spacial score (nSPS) is 17.0. The molecule has 0 aliphatic carbocycles. The molecule has 6 heterocycles. The molecule has 1 aliphatic rings. The van der Waals surface area contributed by atoms with Crippen molar-refractivity contribution in [3.63, 3.8) is 0 Å². The van der Waals surface area contributed by atoms with Crippen LogP contribution in [0.3, 0.4) is 0 Å². The van der Waals surface area contributed by atoms with Gasteiger partial charge in [-0.1, -0.05) is 11.6 Å². The predicted molar refractivity (Wildman–Crippen MR) is 159 cm³/mol. The van der Waals surface area contributed by atoms with Crippen molar-refractivity contribution in [1.29, 1.82) is 0 Å². The van der Waals surface area contributed by atoms with Crippen LogP contribution in [0.4, 0.5) is 10.1 Å². The molecule has 1 saturated heterocycles. The molecule has 1 aliphatic heterocycles. The Morgan fingerprint density at radius 3 is 2.64 bits per heavy atom. The Hall–Kier alpha value is -4.16. The van der Waals surface area contributed by atoms with Crippen molar-refractivity contribution < 1.29 is 17.5 Å². The van der Waals surface area contributed by atoms with Crippen LogP contribution < -0.4 is 9.64 Å². The number of aromatic nitrogens is 6. The molecule has 0 spiro atoms. The highest BCUT2D eigenvalue weighted by molar-refractivity contribution is 7.90. The minimum Gasteiger partial charge on any atom is -0.496 e. The summed E-state index contributed by atoms with van der Waals surface area (Å²) in [6.45, 7) is 4.45. The lowest BCUT2D eigenvalue weighted by Gasteiger charge is -2.48. The summed E-state index contributed by atoms with van der Waals surface area (Å²) >= 11 is 5.85. The van der Waals surface area contributed by atoms with Crippen LogP contribution in [-0.4, -0.2) is 69.8 Å². The van der Waals surface area contributed by atoms with Crippen LogP contribution in [0, 0.1) is 18.7 Å². The molecule has 10 nitrogen and oxygen atoms in total. The number of aryl methyl sites for hydroxylation is 1. The van der Waals surface area contributed by atoms with Crippen LogP contribution in [0.1, 0.15) is 12.6 Å². The molecule has 216 valence electrons. The Labute approximate surface area is 247 Å². The summed E-state index contributed by atoms with van der Waals surface area (Å²) in [6, 6.07) is 8.66. The van der Waals surface area contributed by atoms with Gasteiger partial charge < -0.3 is 9.64 Å². The number of rotatable bonds is 7. The van der Waals surface area contributed by atoms with Gasteiger partial charge in [-0.05, 0) is 38.1 Å². The Morgan fingerprint density at radius 1 is 1.12 bits per heavy atom.